The SMILES string of the molecule is CNCc1ccc(F)cc1S(=O)(=O)NCCC1CCCC1. The Morgan fingerprint density at radius 3 is 2.67 bits per heavy atom. The van der Waals surface area contributed by atoms with E-state index in [9.17, 15) is 12.8 Å². The molecular formula is C15H23FN2O2S. The maximum absolute atomic E-state index is 13.4. The summed E-state index contributed by atoms with van der Waals surface area (Å²) < 4.78 is 40.7. The van der Waals surface area contributed by atoms with Gasteiger partial charge in [0.25, 0.3) is 0 Å². The minimum Gasteiger partial charge on any atom is -0.316 e. The molecule has 0 aliphatic heterocycles. The molecule has 21 heavy (non-hydrogen) atoms. The first kappa shape index (κ1) is 16.4. The van der Waals surface area contributed by atoms with Crippen molar-refractivity contribution in [1.29, 1.82) is 0 Å². The molecule has 0 aromatic heterocycles. The van der Waals surface area contributed by atoms with Gasteiger partial charge in [0.05, 0.1) is 4.90 Å². The largest absolute Gasteiger partial charge is 0.316 e. The minimum atomic E-state index is -3.66. The second-order valence-electron chi connectivity index (χ2n) is 5.62. The molecule has 0 radical (unpaired) electrons. The van der Waals surface area contributed by atoms with E-state index >= 15 is 0 Å². The highest BCUT2D eigenvalue weighted by atomic mass is 32.2. The number of halogens is 1. The molecule has 1 aliphatic rings. The first-order chi connectivity index (χ1) is 10.0. The van der Waals surface area contributed by atoms with Gasteiger partial charge in [0.15, 0.2) is 0 Å². The average Bonchev–Trinajstić information content (AvgIpc) is 2.94. The van der Waals surface area contributed by atoms with Crippen LogP contribution >= 0.6 is 0 Å². The van der Waals surface area contributed by atoms with Crippen molar-refractivity contribution in [3.8, 4) is 0 Å². The summed E-state index contributed by atoms with van der Waals surface area (Å²) in [5, 5.41) is 2.90. The lowest BCUT2D eigenvalue weighted by molar-refractivity contribution is 0.495. The number of rotatable bonds is 7. The minimum absolute atomic E-state index is 0.0308. The van der Waals surface area contributed by atoms with Crippen molar-refractivity contribution in [2.45, 2.75) is 43.5 Å². The molecule has 2 rings (SSSR count). The summed E-state index contributed by atoms with van der Waals surface area (Å²) in [4.78, 5) is 0.0308. The van der Waals surface area contributed by atoms with Gasteiger partial charge >= 0.3 is 0 Å². The van der Waals surface area contributed by atoms with Crippen molar-refractivity contribution in [3.63, 3.8) is 0 Å². The van der Waals surface area contributed by atoms with Crippen LogP contribution in [0.2, 0.25) is 0 Å². The molecule has 1 aromatic carbocycles. The summed E-state index contributed by atoms with van der Waals surface area (Å²) in [5.74, 6) is 0.0861. The number of benzene rings is 1. The monoisotopic (exact) mass is 314 g/mol. The summed E-state index contributed by atoms with van der Waals surface area (Å²) in [7, 11) is -1.93. The highest BCUT2D eigenvalue weighted by Gasteiger charge is 2.20. The molecule has 0 bridgehead atoms. The second-order valence-corrected chi connectivity index (χ2v) is 7.35. The van der Waals surface area contributed by atoms with Crippen LogP contribution in [0.5, 0.6) is 0 Å². The molecule has 0 amide bonds. The molecule has 1 fully saturated rings. The van der Waals surface area contributed by atoms with Gasteiger partial charge in [-0.15, -0.1) is 0 Å². The molecule has 6 heteroatoms. The molecular weight excluding hydrogens is 291 g/mol. The van der Waals surface area contributed by atoms with Crippen molar-refractivity contribution < 1.29 is 12.8 Å². The van der Waals surface area contributed by atoms with Gasteiger partial charge in [-0.25, -0.2) is 17.5 Å². The van der Waals surface area contributed by atoms with Crippen LogP contribution in [0.4, 0.5) is 4.39 Å². The first-order valence-corrected chi connectivity index (χ1v) is 8.94. The number of hydrogen-bond donors (Lipinski definition) is 2. The third kappa shape index (κ3) is 4.49. The van der Waals surface area contributed by atoms with Gasteiger partial charge in [-0.05, 0) is 37.1 Å². The highest BCUT2D eigenvalue weighted by Crippen LogP contribution is 2.27. The molecule has 0 heterocycles. The lowest BCUT2D eigenvalue weighted by Gasteiger charge is -2.13. The Morgan fingerprint density at radius 1 is 1.29 bits per heavy atom. The number of sulfonamides is 1. The maximum Gasteiger partial charge on any atom is 0.240 e. The Labute approximate surface area is 126 Å². The van der Waals surface area contributed by atoms with Gasteiger partial charge in [-0.3, -0.25) is 0 Å². The van der Waals surface area contributed by atoms with E-state index in [0.29, 0.717) is 24.6 Å². The van der Waals surface area contributed by atoms with Crippen molar-refractivity contribution in [1.82, 2.24) is 10.0 Å². The molecule has 1 saturated carbocycles. The fourth-order valence-corrected chi connectivity index (χ4v) is 4.18. The fourth-order valence-electron chi connectivity index (χ4n) is 2.89. The van der Waals surface area contributed by atoms with Crippen LogP contribution < -0.4 is 10.0 Å². The normalized spacial score (nSPS) is 16.5. The lowest BCUT2D eigenvalue weighted by Crippen LogP contribution is -2.27. The number of hydrogen-bond acceptors (Lipinski definition) is 3. The van der Waals surface area contributed by atoms with E-state index in [0.717, 1.165) is 12.5 Å². The summed E-state index contributed by atoms with van der Waals surface area (Å²) >= 11 is 0. The standard InChI is InChI=1S/C15H23FN2O2S/c1-17-11-13-6-7-14(16)10-15(13)21(19,20)18-9-8-12-4-2-3-5-12/h6-7,10,12,17-18H,2-5,8-9,11H2,1H3. The van der Waals surface area contributed by atoms with E-state index in [-0.39, 0.29) is 4.90 Å². The lowest BCUT2D eigenvalue weighted by atomic mass is 10.1. The van der Waals surface area contributed by atoms with Crippen LogP contribution in [0, 0.1) is 11.7 Å². The molecule has 0 unspecified atom stereocenters. The fraction of sp³-hybridized carbons (Fsp3) is 0.600. The summed E-state index contributed by atoms with van der Waals surface area (Å²) in [6.07, 6.45) is 5.72. The number of nitrogens with one attached hydrogen (secondary N) is 2. The van der Waals surface area contributed by atoms with Crippen LogP contribution in [-0.2, 0) is 16.6 Å². The summed E-state index contributed by atoms with van der Waals surface area (Å²) in [5.41, 5.74) is 0.576. The van der Waals surface area contributed by atoms with Crippen molar-refractivity contribution >= 4 is 10.0 Å². The van der Waals surface area contributed by atoms with E-state index in [1.807, 2.05) is 0 Å². The van der Waals surface area contributed by atoms with Gasteiger partial charge in [0.2, 0.25) is 10.0 Å². The van der Waals surface area contributed by atoms with Gasteiger partial charge in [-0.2, -0.15) is 0 Å². The van der Waals surface area contributed by atoms with Crippen LogP contribution in [0.15, 0.2) is 23.1 Å². The van der Waals surface area contributed by atoms with Gasteiger partial charge < -0.3 is 5.32 Å². The topological polar surface area (TPSA) is 58.2 Å². The predicted molar refractivity (Wildman–Crippen MR) is 80.9 cm³/mol. The Morgan fingerprint density at radius 2 is 2.00 bits per heavy atom. The molecule has 4 nitrogen and oxygen atoms in total. The predicted octanol–water partition coefficient (Wildman–Crippen LogP) is 2.40. The van der Waals surface area contributed by atoms with Gasteiger partial charge in [-0.1, -0.05) is 31.7 Å². The van der Waals surface area contributed by atoms with E-state index in [1.54, 1.807) is 7.05 Å². The molecule has 2 N–H and O–H groups in total. The third-order valence-corrected chi connectivity index (χ3v) is 5.55. The molecule has 1 aromatic rings. The Bertz CT molecular complexity index is 569. The van der Waals surface area contributed by atoms with Gasteiger partial charge in [0.1, 0.15) is 5.82 Å². The zero-order valence-electron chi connectivity index (χ0n) is 12.4. The smallest absolute Gasteiger partial charge is 0.240 e. The van der Waals surface area contributed by atoms with Crippen LogP contribution in [0.3, 0.4) is 0 Å². The average molecular weight is 314 g/mol. The first-order valence-electron chi connectivity index (χ1n) is 7.45. The second kappa shape index (κ2) is 7.33. The highest BCUT2D eigenvalue weighted by molar-refractivity contribution is 7.89. The van der Waals surface area contributed by atoms with Crippen LogP contribution in [0.25, 0.3) is 0 Å². The van der Waals surface area contributed by atoms with Crippen molar-refractivity contribution in [2.75, 3.05) is 13.6 Å². The van der Waals surface area contributed by atoms with Gasteiger partial charge in [0, 0.05) is 13.1 Å². The van der Waals surface area contributed by atoms with E-state index in [1.165, 1.54) is 37.8 Å². The quantitative estimate of drug-likeness (QED) is 0.812. The molecule has 0 saturated heterocycles. The van der Waals surface area contributed by atoms with Crippen molar-refractivity contribution in [2.24, 2.45) is 5.92 Å². The van der Waals surface area contributed by atoms with E-state index in [2.05, 4.69) is 10.0 Å². The zero-order chi connectivity index (χ0) is 15.3. The van der Waals surface area contributed by atoms with Crippen LogP contribution in [0.1, 0.15) is 37.7 Å². The Balaban J connectivity index is 2.05. The zero-order valence-corrected chi connectivity index (χ0v) is 13.2. The summed E-state index contributed by atoms with van der Waals surface area (Å²) in [6.45, 7) is 0.807. The maximum atomic E-state index is 13.4. The molecule has 0 spiro atoms. The van der Waals surface area contributed by atoms with Crippen LogP contribution in [-0.4, -0.2) is 22.0 Å². The van der Waals surface area contributed by atoms with Crippen molar-refractivity contribution in [3.05, 3.63) is 29.6 Å². The molecule has 0 atom stereocenters. The third-order valence-electron chi connectivity index (χ3n) is 4.01. The molecule has 118 valence electrons. The Hall–Kier alpha value is -0.980. The van der Waals surface area contributed by atoms with E-state index in [4.69, 9.17) is 0 Å². The van der Waals surface area contributed by atoms with E-state index < -0.39 is 15.8 Å². The molecule has 1 aliphatic carbocycles. The Kier molecular flexibility index (Phi) is 5.72. The summed E-state index contributed by atoms with van der Waals surface area (Å²) in [6, 6.07) is 3.88.